The van der Waals surface area contributed by atoms with Gasteiger partial charge in [0.05, 0.1) is 5.69 Å². The minimum Gasteiger partial charge on any atom is -0.507 e. The zero-order valence-corrected chi connectivity index (χ0v) is 8.86. The van der Waals surface area contributed by atoms with E-state index in [4.69, 9.17) is 0 Å². The summed E-state index contributed by atoms with van der Waals surface area (Å²) in [5.41, 5.74) is 4.19. The van der Waals surface area contributed by atoms with Gasteiger partial charge in [-0.25, -0.2) is 5.01 Å². The first-order valence-electron chi connectivity index (χ1n) is 4.83. The van der Waals surface area contributed by atoms with Gasteiger partial charge in [0.25, 0.3) is 0 Å². The molecule has 0 spiro atoms. The molecular formula is C12H14N2O. The van der Waals surface area contributed by atoms with E-state index >= 15 is 0 Å². The molecule has 2 aromatic rings. The third-order valence-electron chi connectivity index (χ3n) is 2.25. The summed E-state index contributed by atoms with van der Waals surface area (Å²) in [6.07, 6.45) is 0. The number of hydrogen-bond acceptors (Lipinski definition) is 3. The van der Waals surface area contributed by atoms with Gasteiger partial charge in [0.1, 0.15) is 5.75 Å². The molecule has 0 aliphatic carbocycles. The number of fused-ring (bicyclic) bond motifs is 1. The molecule has 0 fully saturated rings. The maximum absolute atomic E-state index is 9.69. The Morgan fingerprint density at radius 3 is 2.33 bits per heavy atom. The van der Waals surface area contributed by atoms with Crippen LogP contribution in [0.4, 0.5) is 5.69 Å². The number of benzene rings is 2. The van der Waals surface area contributed by atoms with E-state index in [0.717, 1.165) is 16.5 Å². The topological polar surface area (TPSA) is 35.5 Å². The van der Waals surface area contributed by atoms with Gasteiger partial charge in [0, 0.05) is 24.9 Å². The molecule has 2 N–H and O–H groups in total. The van der Waals surface area contributed by atoms with E-state index in [1.807, 2.05) is 49.4 Å². The van der Waals surface area contributed by atoms with Gasteiger partial charge in [-0.2, -0.15) is 0 Å². The molecule has 3 heteroatoms. The second-order valence-electron chi connectivity index (χ2n) is 3.68. The van der Waals surface area contributed by atoms with Crippen LogP contribution in [-0.2, 0) is 0 Å². The zero-order valence-electron chi connectivity index (χ0n) is 8.86. The quantitative estimate of drug-likeness (QED) is 0.580. The van der Waals surface area contributed by atoms with Crippen LogP contribution in [0.1, 0.15) is 0 Å². The molecule has 2 rings (SSSR count). The molecule has 0 amide bonds. The Hall–Kier alpha value is -1.74. The molecule has 3 nitrogen and oxygen atoms in total. The first-order chi connectivity index (χ1) is 7.18. The zero-order chi connectivity index (χ0) is 10.8. The van der Waals surface area contributed by atoms with Gasteiger partial charge in [0.2, 0.25) is 0 Å². The number of phenolic OH excluding ortho intramolecular Hbond substituents is 1. The molecule has 0 saturated heterocycles. The van der Waals surface area contributed by atoms with Gasteiger partial charge < -0.3 is 10.5 Å². The van der Waals surface area contributed by atoms with Gasteiger partial charge in [0.15, 0.2) is 0 Å². The first kappa shape index (κ1) is 9.80. The van der Waals surface area contributed by atoms with Crippen molar-refractivity contribution in [3.63, 3.8) is 0 Å². The van der Waals surface area contributed by atoms with Crippen LogP contribution in [0.5, 0.6) is 5.75 Å². The normalized spacial score (nSPS) is 10.9. The molecular weight excluding hydrogens is 188 g/mol. The van der Waals surface area contributed by atoms with E-state index < -0.39 is 0 Å². The van der Waals surface area contributed by atoms with E-state index in [0.29, 0.717) is 5.75 Å². The molecule has 2 aromatic carbocycles. The molecule has 0 heterocycles. The number of nitrogens with one attached hydrogen (secondary N) is 1. The first-order valence-corrected chi connectivity index (χ1v) is 4.83. The van der Waals surface area contributed by atoms with Crippen molar-refractivity contribution in [3.05, 3.63) is 36.4 Å². The molecule has 0 aliphatic rings. The highest BCUT2D eigenvalue weighted by molar-refractivity contribution is 5.97. The summed E-state index contributed by atoms with van der Waals surface area (Å²) < 4.78 is 0. The standard InChI is InChI=1S/C12H14N2O/c1-14(2)13-11-7-8-12(15)10-6-4-3-5-9(10)11/h3-8,13,15H,1-2H3. The minimum atomic E-state index is 0.315. The Labute approximate surface area is 88.9 Å². The highest BCUT2D eigenvalue weighted by atomic mass is 16.3. The summed E-state index contributed by atoms with van der Waals surface area (Å²) in [5.74, 6) is 0.315. The molecule has 0 atom stereocenters. The fraction of sp³-hybridized carbons (Fsp3) is 0.167. The van der Waals surface area contributed by atoms with Crippen molar-refractivity contribution in [2.45, 2.75) is 0 Å². The lowest BCUT2D eigenvalue weighted by atomic mass is 10.1. The fourth-order valence-corrected chi connectivity index (χ4v) is 1.62. The van der Waals surface area contributed by atoms with Crippen molar-refractivity contribution in [1.29, 1.82) is 0 Å². The maximum Gasteiger partial charge on any atom is 0.123 e. The lowest BCUT2D eigenvalue weighted by Gasteiger charge is -2.15. The monoisotopic (exact) mass is 202 g/mol. The lowest BCUT2D eigenvalue weighted by Crippen LogP contribution is -2.19. The van der Waals surface area contributed by atoms with Gasteiger partial charge in [-0.3, -0.25) is 0 Å². The van der Waals surface area contributed by atoms with Crippen LogP contribution in [0.15, 0.2) is 36.4 Å². The van der Waals surface area contributed by atoms with Crippen LogP contribution in [0.2, 0.25) is 0 Å². The smallest absolute Gasteiger partial charge is 0.123 e. The molecule has 0 unspecified atom stereocenters. The third kappa shape index (κ3) is 1.87. The lowest BCUT2D eigenvalue weighted by molar-refractivity contribution is 0.480. The molecule has 0 aliphatic heterocycles. The summed E-state index contributed by atoms with van der Waals surface area (Å²) >= 11 is 0. The SMILES string of the molecule is CN(C)Nc1ccc(O)c2ccccc12. The van der Waals surface area contributed by atoms with Crippen molar-refractivity contribution in [2.24, 2.45) is 0 Å². The van der Waals surface area contributed by atoms with Crippen LogP contribution < -0.4 is 5.43 Å². The van der Waals surface area contributed by atoms with Crippen LogP contribution >= 0.6 is 0 Å². The number of hydrazine groups is 1. The highest BCUT2D eigenvalue weighted by Crippen LogP contribution is 2.30. The number of rotatable bonds is 2. The number of hydrogen-bond donors (Lipinski definition) is 2. The Morgan fingerprint density at radius 2 is 1.67 bits per heavy atom. The molecule has 0 saturated carbocycles. The average Bonchev–Trinajstić information content (AvgIpc) is 2.22. The van der Waals surface area contributed by atoms with Crippen LogP contribution in [-0.4, -0.2) is 24.2 Å². The van der Waals surface area contributed by atoms with Crippen LogP contribution in [0.3, 0.4) is 0 Å². The predicted octanol–water partition coefficient (Wildman–Crippen LogP) is 2.43. The summed E-state index contributed by atoms with van der Waals surface area (Å²) in [4.78, 5) is 0. The Bertz CT molecular complexity index is 480. The maximum atomic E-state index is 9.69. The van der Waals surface area contributed by atoms with Crippen molar-refractivity contribution in [2.75, 3.05) is 19.5 Å². The Kier molecular flexibility index (Phi) is 2.47. The van der Waals surface area contributed by atoms with Crippen molar-refractivity contribution in [1.82, 2.24) is 5.01 Å². The van der Waals surface area contributed by atoms with Gasteiger partial charge >= 0.3 is 0 Å². The summed E-state index contributed by atoms with van der Waals surface area (Å²) in [5, 5.41) is 13.4. The number of phenols is 1. The van der Waals surface area contributed by atoms with Crippen LogP contribution in [0, 0.1) is 0 Å². The number of nitrogens with zero attached hydrogens (tertiary/aromatic N) is 1. The van der Waals surface area contributed by atoms with E-state index in [2.05, 4.69) is 5.43 Å². The van der Waals surface area contributed by atoms with E-state index in [-0.39, 0.29) is 0 Å². The molecule has 0 radical (unpaired) electrons. The van der Waals surface area contributed by atoms with Crippen molar-refractivity contribution in [3.8, 4) is 5.75 Å². The van der Waals surface area contributed by atoms with Crippen molar-refractivity contribution >= 4 is 16.5 Å². The van der Waals surface area contributed by atoms with Gasteiger partial charge in [-0.15, -0.1) is 0 Å². The average molecular weight is 202 g/mol. The minimum absolute atomic E-state index is 0.315. The number of aromatic hydroxyl groups is 1. The Morgan fingerprint density at radius 1 is 1.00 bits per heavy atom. The third-order valence-corrected chi connectivity index (χ3v) is 2.25. The van der Waals surface area contributed by atoms with Gasteiger partial charge in [-0.1, -0.05) is 24.3 Å². The highest BCUT2D eigenvalue weighted by Gasteiger charge is 2.04. The summed E-state index contributed by atoms with van der Waals surface area (Å²) in [6.45, 7) is 0. The van der Waals surface area contributed by atoms with Crippen molar-refractivity contribution < 1.29 is 5.11 Å². The molecule has 0 aromatic heterocycles. The second kappa shape index (κ2) is 3.79. The Balaban J connectivity index is 2.61. The molecule has 15 heavy (non-hydrogen) atoms. The molecule has 0 bridgehead atoms. The second-order valence-corrected chi connectivity index (χ2v) is 3.68. The van der Waals surface area contributed by atoms with Gasteiger partial charge in [-0.05, 0) is 12.1 Å². The van der Waals surface area contributed by atoms with E-state index in [1.165, 1.54) is 0 Å². The molecule has 78 valence electrons. The van der Waals surface area contributed by atoms with E-state index in [9.17, 15) is 5.11 Å². The fourth-order valence-electron chi connectivity index (χ4n) is 1.62. The summed E-state index contributed by atoms with van der Waals surface area (Å²) in [6, 6.07) is 11.3. The predicted molar refractivity (Wildman–Crippen MR) is 62.9 cm³/mol. The van der Waals surface area contributed by atoms with Crippen LogP contribution in [0.25, 0.3) is 10.8 Å². The largest absolute Gasteiger partial charge is 0.507 e. The van der Waals surface area contributed by atoms with E-state index in [1.54, 1.807) is 6.07 Å². The summed E-state index contributed by atoms with van der Waals surface area (Å²) in [7, 11) is 3.86. The number of anilines is 1.